The van der Waals surface area contributed by atoms with Gasteiger partial charge in [-0.1, -0.05) is 11.6 Å². The van der Waals surface area contributed by atoms with E-state index in [2.05, 4.69) is 31.3 Å². The van der Waals surface area contributed by atoms with Crippen molar-refractivity contribution in [1.82, 2.24) is 20.1 Å². The van der Waals surface area contributed by atoms with Gasteiger partial charge in [0, 0.05) is 28.5 Å². The van der Waals surface area contributed by atoms with Crippen LogP contribution in [0.25, 0.3) is 0 Å². The van der Waals surface area contributed by atoms with E-state index in [0.29, 0.717) is 21.7 Å². The number of nitrogens with one attached hydrogen (secondary N) is 1. The van der Waals surface area contributed by atoms with Gasteiger partial charge in [-0.05, 0) is 65.5 Å². The number of carboxylic acid groups (broad SMARTS) is 1. The van der Waals surface area contributed by atoms with Crippen LogP contribution < -0.4 is 10.1 Å². The number of sulfone groups is 1. The number of pyridine rings is 1. The lowest BCUT2D eigenvalue weighted by molar-refractivity contribution is -0.137. The highest BCUT2D eigenvalue weighted by Gasteiger charge is 2.27. The average molecular weight is 556 g/mol. The Labute approximate surface area is 203 Å². The molecule has 3 aromatic rings. The topological polar surface area (TPSA) is 123 Å². The van der Waals surface area contributed by atoms with Crippen molar-refractivity contribution in [2.75, 3.05) is 5.88 Å². The highest BCUT2D eigenvalue weighted by atomic mass is 79.9. The van der Waals surface area contributed by atoms with Crippen LogP contribution >= 0.6 is 27.5 Å². The number of nitrogens with zero attached hydrogens (tertiary/aromatic N) is 3. The molecule has 4 rings (SSSR count). The molecule has 1 aliphatic carbocycles. The Morgan fingerprint density at radius 1 is 1.30 bits per heavy atom. The van der Waals surface area contributed by atoms with Crippen molar-refractivity contribution < 1.29 is 23.1 Å². The molecule has 1 aromatic carbocycles. The van der Waals surface area contributed by atoms with E-state index < -0.39 is 15.8 Å². The van der Waals surface area contributed by atoms with E-state index in [1.807, 2.05) is 0 Å². The molecule has 0 saturated carbocycles. The lowest BCUT2D eigenvalue weighted by Crippen LogP contribution is -2.30. The summed E-state index contributed by atoms with van der Waals surface area (Å²) in [6, 6.07) is 7.95. The number of rotatable bonds is 8. The standard InChI is InChI=1S/C21H20BrClN4O5S/c22-17-8-15(9-24-21(17)32-14-6-4-13(23)5-7-14)33(30,31)12-25-18-2-1-3-19-16(18)10-26-27(19)11-20(28)29/h4-10,18,25H,1-3,11-12H2,(H,28,29)/t18-/m1/s1. The molecule has 0 saturated heterocycles. The maximum atomic E-state index is 12.9. The Balaban J connectivity index is 1.45. The molecule has 2 heterocycles. The minimum absolute atomic E-state index is 0.0444. The molecule has 0 aliphatic heterocycles. The molecule has 12 heteroatoms. The van der Waals surface area contributed by atoms with E-state index in [0.717, 1.165) is 24.1 Å². The van der Waals surface area contributed by atoms with Crippen LogP contribution in [0.1, 0.15) is 30.1 Å². The minimum Gasteiger partial charge on any atom is -0.480 e. The fraction of sp³-hybridized carbons (Fsp3) is 0.286. The van der Waals surface area contributed by atoms with Gasteiger partial charge in [0.15, 0.2) is 9.84 Å². The van der Waals surface area contributed by atoms with E-state index in [9.17, 15) is 13.2 Å². The van der Waals surface area contributed by atoms with Gasteiger partial charge in [0.2, 0.25) is 5.88 Å². The Morgan fingerprint density at radius 3 is 2.76 bits per heavy atom. The van der Waals surface area contributed by atoms with Gasteiger partial charge < -0.3 is 9.84 Å². The fourth-order valence-electron chi connectivity index (χ4n) is 3.66. The van der Waals surface area contributed by atoms with Crippen molar-refractivity contribution in [2.45, 2.75) is 36.7 Å². The summed E-state index contributed by atoms with van der Waals surface area (Å²) in [5.41, 5.74) is 1.66. The predicted molar refractivity (Wildman–Crippen MR) is 124 cm³/mol. The third kappa shape index (κ3) is 5.55. The molecule has 33 heavy (non-hydrogen) atoms. The van der Waals surface area contributed by atoms with E-state index >= 15 is 0 Å². The molecule has 9 nitrogen and oxygen atoms in total. The summed E-state index contributed by atoms with van der Waals surface area (Å²) in [7, 11) is -3.69. The van der Waals surface area contributed by atoms with Crippen LogP contribution in [-0.4, -0.2) is 40.1 Å². The van der Waals surface area contributed by atoms with E-state index in [1.54, 1.807) is 30.5 Å². The van der Waals surface area contributed by atoms with Gasteiger partial charge in [0.25, 0.3) is 0 Å². The zero-order valence-electron chi connectivity index (χ0n) is 17.2. The van der Waals surface area contributed by atoms with E-state index in [-0.39, 0.29) is 29.2 Å². The molecular weight excluding hydrogens is 536 g/mol. The molecule has 0 bridgehead atoms. The van der Waals surface area contributed by atoms with Crippen molar-refractivity contribution in [3.05, 3.63) is 63.5 Å². The molecule has 2 aromatic heterocycles. The second-order valence-corrected chi connectivity index (χ2v) is 10.8. The van der Waals surface area contributed by atoms with Crippen molar-refractivity contribution in [2.24, 2.45) is 0 Å². The first kappa shape index (κ1) is 23.7. The zero-order valence-corrected chi connectivity index (χ0v) is 20.4. The molecule has 0 fully saturated rings. The number of halogens is 2. The number of hydrogen-bond acceptors (Lipinski definition) is 7. The molecule has 0 spiro atoms. The van der Waals surface area contributed by atoms with Crippen molar-refractivity contribution >= 4 is 43.3 Å². The molecule has 174 valence electrons. The minimum atomic E-state index is -3.69. The van der Waals surface area contributed by atoms with Gasteiger partial charge in [-0.15, -0.1) is 0 Å². The number of benzene rings is 1. The predicted octanol–water partition coefficient (Wildman–Crippen LogP) is 3.97. The third-order valence-corrected chi connectivity index (χ3v) is 7.55. The molecule has 0 radical (unpaired) electrons. The van der Waals surface area contributed by atoms with Crippen molar-refractivity contribution in [3.63, 3.8) is 0 Å². The first-order valence-electron chi connectivity index (χ1n) is 10.0. The number of aromatic nitrogens is 3. The Morgan fingerprint density at radius 2 is 2.06 bits per heavy atom. The maximum absolute atomic E-state index is 12.9. The summed E-state index contributed by atoms with van der Waals surface area (Å²) in [5, 5.41) is 16.9. The van der Waals surface area contributed by atoms with E-state index in [1.165, 1.54) is 16.9 Å². The van der Waals surface area contributed by atoms with Crippen LogP contribution in [0, 0.1) is 0 Å². The SMILES string of the molecule is O=C(O)Cn1ncc2c1CCC[C@H]2NCS(=O)(=O)c1cnc(Oc2ccc(Cl)cc2)c(Br)c1. The molecule has 0 amide bonds. The summed E-state index contributed by atoms with van der Waals surface area (Å²) in [6.07, 6.45) is 5.11. The zero-order chi connectivity index (χ0) is 23.6. The first-order valence-corrected chi connectivity index (χ1v) is 12.9. The number of aliphatic carboxylic acids is 1. The largest absolute Gasteiger partial charge is 0.480 e. The summed E-state index contributed by atoms with van der Waals surface area (Å²) in [4.78, 5) is 15.2. The van der Waals surface area contributed by atoms with Crippen molar-refractivity contribution in [3.8, 4) is 11.6 Å². The Kier molecular flexibility index (Phi) is 7.03. The van der Waals surface area contributed by atoms with Crippen LogP contribution in [0.4, 0.5) is 0 Å². The maximum Gasteiger partial charge on any atom is 0.325 e. The normalized spacial score (nSPS) is 15.8. The van der Waals surface area contributed by atoms with Crippen LogP contribution in [0.15, 0.2) is 52.1 Å². The Bertz CT molecular complexity index is 1280. The molecule has 0 unspecified atom stereocenters. The summed E-state index contributed by atoms with van der Waals surface area (Å²) in [6.45, 7) is -0.218. The van der Waals surface area contributed by atoms with Gasteiger partial charge in [-0.25, -0.2) is 13.4 Å². The fourth-order valence-corrected chi connectivity index (χ4v) is 5.46. The van der Waals surface area contributed by atoms with E-state index in [4.69, 9.17) is 21.4 Å². The monoisotopic (exact) mass is 554 g/mol. The van der Waals surface area contributed by atoms with Gasteiger partial charge in [0.05, 0.1) is 15.6 Å². The average Bonchev–Trinajstić information content (AvgIpc) is 3.18. The molecule has 1 aliphatic rings. The summed E-state index contributed by atoms with van der Waals surface area (Å²) >= 11 is 9.20. The lowest BCUT2D eigenvalue weighted by atomic mass is 9.93. The molecule has 1 atom stereocenters. The highest BCUT2D eigenvalue weighted by molar-refractivity contribution is 9.10. The molecule has 2 N–H and O–H groups in total. The number of ether oxygens (including phenoxy) is 1. The van der Waals surface area contributed by atoms with Crippen molar-refractivity contribution in [1.29, 1.82) is 0 Å². The van der Waals surface area contributed by atoms with Crippen LogP contribution in [0.2, 0.25) is 5.02 Å². The smallest absolute Gasteiger partial charge is 0.325 e. The summed E-state index contributed by atoms with van der Waals surface area (Å²) in [5.74, 6) is -0.527. The van der Waals surface area contributed by atoms with Gasteiger partial charge in [0.1, 0.15) is 18.2 Å². The lowest BCUT2D eigenvalue weighted by Gasteiger charge is -2.24. The van der Waals surface area contributed by atoms with Crippen LogP contribution in [0.3, 0.4) is 0 Å². The number of fused-ring (bicyclic) bond motifs is 1. The second kappa shape index (κ2) is 9.80. The quantitative estimate of drug-likeness (QED) is 0.428. The number of carbonyl (C=O) groups is 1. The first-order chi connectivity index (χ1) is 15.7. The van der Waals surface area contributed by atoms with Gasteiger partial charge in [-0.2, -0.15) is 5.10 Å². The number of carboxylic acids is 1. The van der Waals surface area contributed by atoms with Crippen LogP contribution in [-0.2, 0) is 27.6 Å². The summed E-state index contributed by atoms with van der Waals surface area (Å²) < 4.78 is 33.4. The van der Waals surface area contributed by atoms with Crippen LogP contribution in [0.5, 0.6) is 11.6 Å². The second-order valence-electron chi connectivity index (χ2n) is 7.52. The number of hydrogen-bond donors (Lipinski definition) is 2. The highest BCUT2D eigenvalue weighted by Crippen LogP contribution is 2.32. The third-order valence-electron chi connectivity index (χ3n) is 5.24. The molecular formula is C21H20BrClN4O5S. The van der Waals surface area contributed by atoms with Gasteiger partial charge >= 0.3 is 5.97 Å². The Hall–Kier alpha value is -2.47. The van der Waals surface area contributed by atoms with Gasteiger partial charge in [-0.3, -0.25) is 14.8 Å².